The first kappa shape index (κ1) is 13.0. The summed E-state index contributed by atoms with van der Waals surface area (Å²) in [5, 5.41) is 0. The first-order valence-electron chi connectivity index (χ1n) is 6.23. The summed E-state index contributed by atoms with van der Waals surface area (Å²) >= 11 is 3.48. The lowest BCUT2D eigenvalue weighted by Gasteiger charge is -2.13. The molecule has 20 heavy (non-hydrogen) atoms. The number of nitrogens with zero attached hydrogens (tertiary/aromatic N) is 1. The third-order valence-corrected chi connectivity index (χ3v) is 3.98. The van der Waals surface area contributed by atoms with Gasteiger partial charge in [0, 0.05) is 33.8 Å². The number of hydrogen-bond donors (Lipinski definition) is 0. The number of carbonyl (C=O) groups is 1. The fraction of sp³-hybridized carbons (Fsp3) is 0.0588. The van der Waals surface area contributed by atoms with Crippen molar-refractivity contribution < 1.29 is 4.79 Å². The van der Waals surface area contributed by atoms with Crippen molar-refractivity contribution in [1.82, 2.24) is 0 Å². The van der Waals surface area contributed by atoms with Gasteiger partial charge in [-0.25, -0.2) is 0 Å². The zero-order valence-electron chi connectivity index (χ0n) is 11.0. The molecule has 2 aliphatic carbocycles. The molecule has 0 amide bonds. The Labute approximate surface area is 126 Å². The Kier molecular flexibility index (Phi) is 3.14. The molecule has 0 radical (unpaired) electrons. The van der Waals surface area contributed by atoms with E-state index in [4.69, 9.17) is 0 Å². The van der Waals surface area contributed by atoms with Gasteiger partial charge in [0.1, 0.15) is 0 Å². The molecular weight excluding hydrogens is 314 g/mol. The molecule has 1 aromatic carbocycles. The number of hydrogen-bond acceptors (Lipinski definition) is 2. The molecule has 1 aromatic rings. The second-order valence-corrected chi connectivity index (χ2v) is 5.53. The summed E-state index contributed by atoms with van der Waals surface area (Å²) < 4.78 is 0.956. The normalized spacial score (nSPS) is 23.3. The summed E-state index contributed by atoms with van der Waals surface area (Å²) in [6.07, 6.45) is 5.86. The van der Waals surface area contributed by atoms with Gasteiger partial charge in [-0.05, 0) is 23.8 Å². The van der Waals surface area contributed by atoms with E-state index in [9.17, 15) is 4.79 Å². The molecule has 0 saturated carbocycles. The molecule has 3 heteroatoms. The van der Waals surface area contributed by atoms with Gasteiger partial charge < -0.3 is 0 Å². The van der Waals surface area contributed by atoms with Gasteiger partial charge in [0.2, 0.25) is 0 Å². The van der Waals surface area contributed by atoms with Crippen LogP contribution >= 0.6 is 15.9 Å². The molecule has 0 N–H and O–H groups in total. The van der Waals surface area contributed by atoms with Crippen molar-refractivity contribution in [3.63, 3.8) is 0 Å². The highest BCUT2D eigenvalue weighted by Gasteiger charge is 2.30. The van der Waals surface area contributed by atoms with Crippen molar-refractivity contribution in [2.45, 2.75) is 0 Å². The summed E-state index contributed by atoms with van der Waals surface area (Å²) in [6.45, 7) is 3.97. The van der Waals surface area contributed by atoms with Gasteiger partial charge in [0.15, 0.2) is 5.78 Å². The van der Waals surface area contributed by atoms with Gasteiger partial charge >= 0.3 is 0 Å². The molecule has 0 aliphatic heterocycles. The number of benzene rings is 1. The van der Waals surface area contributed by atoms with Crippen LogP contribution in [-0.4, -0.2) is 18.5 Å². The van der Waals surface area contributed by atoms with Crippen molar-refractivity contribution in [2.24, 2.45) is 4.99 Å². The van der Waals surface area contributed by atoms with Crippen molar-refractivity contribution in [3.8, 4) is 0 Å². The molecule has 0 fully saturated rings. The monoisotopic (exact) mass is 325 g/mol. The van der Waals surface area contributed by atoms with Crippen molar-refractivity contribution in [1.29, 1.82) is 0 Å². The van der Waals surface area contributed by atoms with Crippen LogP contribution < -0.4 is 0 Å². The third-order valence-electron chi connectivity index (χ3n) is 3.49. The summed E-state index contributed by atoms with van der Waals surface area (Å²) in [7, 11) is 1.75. The molecule has 98 valence electrons. The molecule has 0 aromatic heterocycles. The van der Waals surface area contributed by atoms with E-state index in [-0.39, 0.29) is 5.78 Å². The van der Waals surface area contributed by atoms with E-state index < -0.39 is 0 Å². The number of halogens is 1. The van der Waals surface area contributed by atoms with Gasteiger partial charge in [0.05, 0.1) is 5.71 Å². The molecular formula is C17H12BrNO. The minimum absolute atomic E-state index is 0.00220. The van der Waals surface area contributed by atoms with Crippen molar-refractivity contribution in [2.75, 3.05) is 7.05 Å². The molecule has 0 spiro atoms. The second-order valence-electron chi connectivity index (χ2n) is 4.61. The average molecular weight is 326 g/mol. The number of carbonyl (C=O) groups excluding carboxylic acids is 1. The second kappa shape index (κ2) is 4.84. The maximum absolute atomic E-state index is 12.3. The summed E-state index contributed by atoms with van der Waals surface area (Å²) in [6, 6.07) is 7.61. The Morgan fingerprint density at radius 3 is 2.55 bits per heavy atom. The predicted octanol–water partition coefficient (Wildman–Crippen LogP) is 4.11. The zero-order chi connectivity index (χ0) is 14.3. The first-order chi connectivity index (χ1) is 9.63. The number of allylic oxidation sites excluding steroid dienone is 7. The molecule has 2 aliphatic rings. The van der Waals surface area contributed by atoms with E-state index >= 15 is 0 Å². The standard InChI is InChI=1S/C17H12BrNO/c1-10-16(12-5-3-4-6-13(12)17(10)20)14-9-11(18)7-8-15(14)19-2/h3-9H,1H2,2H3/b16-14+,19-15-. The number of aliphatic imine (C=N–C) groups is 1. The summed E-state index contributed by atoms with van der Waals surface area (Å²) in [5.41, 5.74) is 4.86. The number of fused-ring (bicyclic) bond motifs is 1. The van der Waals surface area contributed by atoms with Crippen molar-refractivity contribution >= 4 is 33.0 Å². The lowest BCUT2D eigenvalue weighted by atomic mass is 9.93. The van der Waals surface area contributed by atoms with Crippen LogP contribution in [-0.2, 0) is 0 Å². The minimum Gasteiger partial charge on any atom is -0.289 e. The Morgan fingerprint density at radius 1 is 1.15 bits per heavy atom. The van der Waals surface area contributed by atoms with E-state index in [0.29, 0.717) is 5.57 Å². The molecule has 0 atom stereocenters. The highest BCUT2D eigenvalue weighted by Crippen LogP contribution is 2.39. The Hall–Kier alpha value is -2.00. The Morgan fingerprint density at radius 2 is 1.85 bits per heavy atom. The molecule has 0 saturated heterocycles. The SMILES string of the molecule is C=C1C(=O)c2ccccc2/C1=C1\C=C(Br)C=C\C1=N\C. The molecule has 3 rings (SSSR count). The van der Waals surface area contributed by atoms with E-state index in [1.54, 1.807) is 7.05 Å². The lowest BCUT2D eigenvalue weighted by Crippen LogP contribution is -2.05. The molecule has 0 unspecified atom stereocenters. The van der Waals surface area contributed by atoms with Crippen LogP contribution in [0, 0.1) is 0 Å². The minimum atomic E-state index is -0.00220. The summed E-state index contributed by atoms with van der Waals surface area (Å²) in [5.74, 6) is -0.00220. The van der Waals surface area contributed by atoms with Crippen molar-refractivity contribution in [3.05, 3.63) is 75.8 Å². The van der Waals surface area contributed by atoms with Crippen LogP contribution in [0.5, 0.6) is 0 Å². The predicted molar refractivity (Wildman–Crippen MR) is 86.3 cm³/mol. The van der Waals surface area contributed by atoms with Crippen LogP contribution in [0.25, 0.3) is 5.57 Å². The van der Waals surface area contributed by atoms with Gasteiger partial charge in [-0.15, -0.1) is 0 Å². The number of Topliss-reactive ketones (excluding diaryl/α,β-unsaturated/α-hetero) is 1. The van der Waals surface area contributed by atoms with Crippen LogP contribution in [0.2, 0.25) is 0 Å². The van der Waals surface area contributed by atoms with Crippen LogP contribution in [0.15, 0.2) is 69.7 Å². The Balaban J connectivity index is 2.34. The van der Waals surface area contributed by atoms with Gasteiger partial charge in [-0.3, -0.25) is 9.79 Å². The van der Waals surface area contributed by atoms with E-state index in [1.165, 1.54) is 0 Å². The quantitative estimate of drug-likeness (QED) is 0.660. The average Bonchev–Trinajstić information content (AvgIpc) is 2.71. The number of rotatable bonds is 0. The van der Waals surface area contributed by atoms with E-state index in [1.807, 2.05) is 42.5 Å². The molecule has 0 bridgehead atoms. The van der Waals surface area contributed by atoms with E-state index in [2.05, 4.69) is 27.5 Å². The largest absolute Gasteiger partial charge is 0.289 e. The lowest BCUT2D eigenvalue weighted by molar-refractivity contribution is 0.104. The maximum Gasteiger partial charge on any atom is 0.193 e. The smallest absolute Gasteiger partial charge is 0.193 e. The Bertz CT molecular complexity index is 763. The highest BCUT2D eigenvalue weighted by atomic mass is 79.9. The van der Waals surface area contributed by atoms with Gasteiger partial charge in [-0.2, -0.15) is 0 Å². The first-order valence-corrected chi connectivity index (χ1v) is 7.03. The fourth-order valence-corrected chi connectivity index (χ4v) is 2.91. The molecule has 2 nitrogen and oxygen atoms in total. The van der Waals surface area contributed by atoms with E-state index in [0.717, 1.165) is 32.5 Å². The highest BCUT2D eigenvalue weighted by molar-refractivity contribution is 9.11. The van der Waals surface area contributed by atoms with Gasteiger partial charge in [0.25, 0.3) is 0 Å². The zero-order valence-corrected chi connectivity index (χ0v) is 12.6. The molecule has 0 heterocycles. The van der Waals surface area contributed by atoms with Crippen LogP contribution in [0.1, 0.15) is 15.9 Å². The maximum atomic E-state index is 12.3. The van der Waals surface area contributed by atoms with Gasteiger partial charge in [-0.1, -0.05) is 46.8 Å². The third kappa shape index (κ3) is 1.86. The number of ketones is 1. The summed E-state index contributed by atoms with van der Waals surface area (Å²) in [4.78, 5) is 16.6. The fourth-order valence-electron chi connectivity index (χ4n) is 2.55. The van der Waals surface area contributed by atoms with Crippen LogP contribution in [0.4, 0.5) is 0 Å². The van der Waals surface area contributed by atoms with Crippen LogP contribution in [0.3, 0.4) is 0 Å². The topological polar surface area (TPSA) is 29.4 Å².